The van der Waals surface area contributed by atoms with E-state index in [1.165, 1.54) is 19.3 Å². The molecule has 1 aliphatic heterocycles. The number of aromatic nitrogens is 4. The molecule has 0 N–H and O–H groups in total. The van der Waals surface area contributed by atoms with Crippen LogP contribution in [0.4, 0.5) is 0 Å². The van der Waals surface area contributed by atoms with Gasteiger partial charge in [-0.05, 0) is 47.1 Å². The third-order valence-electron chi connectivity index (χ3n) is 4.51. The minimum atomic E-state index is 0.473. The molecule has 1 saturated heterocycles. The normalized spacial score (nSPS) is 19.7. The molecular formula is C16H25N5O. The van der Waals surface area contributed by atoms with Crippen molar-refractivity contribution in [2.75, 3.05) is 6.54 Å². The van der Waals surface area contributed by atoms with Crippen LogP contribution in [0, 0.1) is 27.7 Å². The van der Waals surface area contributed by atoms with Crippen LogP contribution >= 0.6 is 0 Å². The Hall–Kier alpha value is -1.69. The molecular weight excluding hydrogens is 278 g/mol. The van der Waals surface area contributed by atoms with Crippen molar-refractivity contribution < 1.29 is 4.42 Å². The lowest BCUT2D eigenvalue weighted by Crippen LogP contribution is -2.42. The van der Waals surface area contributed by atoms with E-state index in [0.29, 0.717) is 6.04 Å². The quantitative estimate of drug-likeness (QED) is 0.868. The summed E-state index contributed by atoms with van der Waals surface area (Å²) in [5.74, 6) is 3.59. The monoisotopic (exact) mass is 303 g/mol. The van der Waals surface area contributed by atoms with Crippen molar-refractivity contribution in [1.82, 2.24) is 24.6 Å². The van der Waals surface area contributed by atoms with E-state index in [-0.39, 0.29) is 0 Å². The van der Waals surface area contributed by atoms with Crippen molar-refractivity contribution in [3.05, 3.63) is 29.0 Å². The van der Waals surface area contributed by atoms with Gasteiger partial charge in [0.05, 0.1) is 18.8 Å². The second-order valence-corrected chi connectivity index (χ2v) is 6.26. The molecule has 1 fully saturated rings. The van der Waals surface area contributed by atoms with Crippen LogP contribution in [-0.2, 0) is 13.1 Å². The van der Waals surface area contributed by atoms with E-state index in [4.69, 9.17) is 4.42 Å². The molecule has 0 spiro atoms. The number of oxazole rings is 1. The summed E-state index contributed by atoms with van der Waals surface area (Å²) in [6.07, 6.45) is 3.71. The van der Waals surface area contributed by atoms with Crippen LogP contribution in [0.15, 0.2) is 4.42 Å². The van der Waals surface area contributed by atoms with Crippen LogP contribution in [-0.4, -0.2) is 37.2 Å². The zero-order valence-electron chi connectivity index (χ0n) is 14.0. The first kappa shape index (κ1) is 15.2. The van der Waals surface area contributed by atoms with Crippen molar-refractivity contribution in [2.24, 2.45) is 0 Å². The largest absolute Gasteiger partial charge is 0.444 e. The first-order valence-electron chi connectivity index (χ1n) is 8.08. The van der Waals surface area contributed by atoms with E-state index in [1.54, 1.807) is 0 Å². The third kappa shape index (κ3) is 3.21. The highest BCUT2D eigenvalue weighted by Crippen LogP contribution is 2.22. The summed E-state index contributed by atoms with van der Waals surface area (Å²) in [5, 5.41) is 4.50. The number of likely N-dealkylation sites (tertiary alicyclic amines) is 1. The van der Waals surface area contributed by atoms with E-state index in [2.05, 4.69) is 20.0 Å². The highest BCUT2D eigenvalue weighted by molar-refractivity contribution is 5.05. The van der Waals surface area contributed by atoms with E-state index >= 15 is 0 Å². The Morgan fingerprint density at radius 3 is 2.59 bits per heavy atom. The maximum atomic E-state index is 5.76. The first-order valence-corrected chi connectivity index (χ1v) is 8.08. The van der Waals surface area contributed by atoms with E-state index < -0.39 is 0 Å². The summed E-state index contributed by atoms with van der Waals surface area (Å²) < 4.78 is 7.79. The van der Waals surface area contributed by atoms with Crippen LogP contribution in [0.25, 0.3) is 0 Å². The molecule has 0 bridgehead atoms. The second kappa shape index (κ2) is 6.20. The number of rotatable bonds is 4. The van der Waals surface area contributed by atoms with E-state index in [0.717, 1.165) is 48.6 Å². The molecule has 0 unspecified atom stereocenters. The average Bonchev–Trinajstić information content (AvgIpc) is 2.94. The van der Waals surface area contributed by atoms with Crippen LogP contribution in [0.2, 0.25) is 0 Å². The Balaban J connectivity index is 1.72. The van der Waals surface area contributed by atoms with E-state index in [9.17, 15) is 0 Å². The number of piperidine rings is 1. The summed E-state index contributed by atoms with van der Waals surface area (Å²) in [4.78, 5) is 11.4. The van der Waals surface area contributed by atoms with Gasteiger partial charge in [0.2, 0.25) is 5.89 Å². The molecule has 0 aromatic carbocycles. The Bertz CT molecular complexity index is 626. The van der Waals surface area contributed by atoms with Crippen molar-refractivity contribution in [2.45, 2.75) is 66.1 Å². The molecule has 2 aromatic heterocycles. The molecule has 6 heteroatoms. The Morgan fingerprint density at radius 1 is 1.14 bits per heavy atom. The first-order chi connectivity index (χ1) is 10.5. The average molecular weight is 303 g/mol. The number of aryl methyl sites for hydroxylation is 4. The molecule has 120 valence electrons. The number of hydrogen-bond acceptors (Lipinski definition) is 5. The molecule has 3 heterocycles. The van der Waals surface area contributed by atoms with Gasteiger partial charge < -0.3 is 4.42 Å². The predicted octanol–water partition coefficient (Wildman–Crippen LogP) is 2.55. The van der Waals surface area contributed by atoms with Crippen molar-refractivity contribution in [1.29, 1.82) is 0 Å². The molecule has 2 aromatic rings. The van der Waals surface area contributed by atoms with Crippen LogP contribution in [0.1, 0.15) is 48.3 Å². The highest BCUT2D eigenvalue weighted by atomic mass is 16.4. The maximum absolute atomic E-state index is 5.76. The minimum absolute atomic E-state index is 0.473. The van der Waals surface area contributed by atoms with Gasteiger partial charge in [-0.1, -0.05) is 6.42 Å². The fourth-order valence-electron chi connectivity index (χ4n) is 3.19. The standard InChI is InChI=1S/C16H25N5O/c1-11-12(2)22-16(17-11)10-20-8-6-5-7-15(20)9-21-14(4)18-13(3)19-21/h15H,5-10H2,1-4H3/t15-/m0/s1. The molecule has 0 amide bonds. The van der Waals surface area contributed by atoms with Crippen LogP contribution in [0.5, 0.6) is 0 Å². The van der Waals surface area contributed by atoms with Gasteiger partial charge >= 0.3 is 0 Å². The lowest BCUT2D eigenvalue weighted by atomic mass is 10.0. The van der Waals surface area contributed by atoms with Gasteiger partial charge in [0.1, 0.15) is 17.4 Å². The Morgan fingerprint density at radius 2 is 1.95 bits per heavy atom. The topological polar surface area (TPSA) is 60.0 Å². The van der Waals surface area contributed by atoms with Crippen molar-refractivity contribution in [3.63, 3.8) is 0 Å². The van der Waals surface area contributed by atoms with Gasteiger partial charge in [-0.15, -0.1) is 0 Å². The molecule has 3 rings (SSSR count). The van der Waals surface area contributed by atoms with Crippen molar-refractivity contribution in [3.8, 4) is 0 Å². The van der Waals surface area contributed by atoms with Gasteiger partial charge in [-0.3, -0.25) is 4.90 Å². The molecule has 6 nitrogen and oxygen atoms in total. The summed E-state index contributed by atoms with van der Waals surface area (Å²) >= 11 is 0. The van der Waals surface area contributed by atoms with Crippen LogP contribution < -0.4 is 0 Å². The lowest BCUT2D eigenvalue weighted by molar-refractivity contribution is 0.110. The fourth-order valence-corrected chi connectivity index (χ4v) is 3.19. The molecule has 1 aliphatic rings. The molecule has 0 saturated carbocycles. The number of nitrogens with zero attached hydrogens (tertiary/aromatic N) is 5. The maximum Gasteiger partial charge on any atom is 0.208 e. The van der Waals surface area contributed by atoms with Crippen molar-refractivity contribution >= 4 is 0 Å². The predicted molar refractivity (Wildman–Crippen MR) is 83.5 cm³/mol. The zero-order chi connectivity index (χ0) is 15.7. The Kier molecular flexibility index (Phi) is 4.29. The SMILES string of the molecule is Cc1nc(C)n(C[C@@H]2CCCCN2Cc2nc(C)c(C)o2)n1. The molecule has 0 aliphatic carbocycles. The smallest absolute Gasteiger partial charge is 0.208 e. The van der Waals surface area contributed by atoms with Gasteiger partial charge in [-0.2, -0.15) is 5.10 Å². The lowest BCUT2D eigenvalue weighted by Gasteiger charge is -2.34. The fraction of sp³-hybridized carbons (Fsp3) is 0.688. The highest BCUT2D eigenvalue weighted by Gasteiger charge is 2.25. The molecule has 1 atom stereocenters. The zero-order valence-corrected chi connectivity index (χ0v) is 14.0. The second-order valence-electron chi connectivity index (χ2n) is 6.26. The Labute approximate surface area is 131 Å². The van der Waals surface area contributed by atoms with Crippen LogP contribution in [0.3, 0.4) is 0 Å². The number of hydrogen-bond donors (Lipinski definition) is 0. The summed E-state index contributed by atoms with van der Waals surface area (Å²) in [6.45, 7) is 10.7. The van der Waals surface area contributed by atoms with Gasteiger partial charge in [-0.25, -0.2) is 14.6 Å². The van der Waals surface area contributed by atoms with E-state index in [1.807, 2.05) is 32.4 Å². The van der Waals surface area contributed by atoms with Gasteiger partial charge in [0.25, 0.3) is 0 Å². The van der Waals surface area contributed by atoms with Gasteiger partial charge in [0, 0.05) is 6.04 Å². The van der Waals surface area contributed by atoms with Gasteiger partial charge in [0.15, 0.2) is 0 Å². The third-order valence-corrected chi connectivity index (χ3v) is 4.51. The molecule has 22 heavy (non-hydrogen) atoms. The summed E-state index contributed by atoms with van der Waals surface area (Å²) in [7, 11) is 0. The summed E-state index contributed by atoms with van der Waals surface area (Å²) in [6, 6.07) is 0.473. The molecule has 0 radical (unpaired) electrons. The minimum Gasteiger partial charge on any atom is -0.444 e. The summed E-state index contributed by atoms with van der Waals surface area (Å²) in [5.41, 5.74) is 0.992.